The van der Waals surface area contributed by atoms with Crippen LogP contribution in [0.15, 0.2) is 34.8 Å². The maximum Gasteiger partial charge on any atom is 0.0744 e. The lowest BCUT2D eigenvalue weighted by Gasteiger charge is -2.15. The molecule has 0 aliphatic rings. The number of methoxy groups -OCH3 is 1. The maximum absolute atomic E-state index is 5.28. The number of thiophene rings is 1. The highest BCUT2D eigenvalue weighted by Gasteiger charge is 2.16. The fraction of sp³-hybridized carbons (Fsp3) is 0.412. The summed E-state index contributed by atoms with van der Waals surface area (Å²) in [5, 5.41) is 3.52. The minimum atomic E-state index is 0.222. The molecule has 2 rings (SSSR count). The molecule has 0 bridgehead atoms. The second kappa shape index (κ2) is 6.95. The monoisotopic (exact) mass is 367 g/mol. The molecule has 1 aromatic heterocycles. The van der Waals surface area contributed by atoms with Crippen LogP contribution in [0.2, 0.25) is 0 Å². The molecule has 0 spiro atoms. The van der Waals surface area contributed by atoms with Gasteiger partial charge in [-0.15, -0.1) is 11.3 Å². The summed E-state index contributed by atoms with van der Waals surface area (Å²) in [6, 6.07) is 10.6. The highest BCUT2D eigenvalue weighted by Crippen LogP contribution is 2.31. The minimum Gasteiger partial charge on any atom is -0.380 e. The van der Waals surface area contributed by atoms with Crippen LogP contribution in [0.25, 0.3) is 0 Å². The highest BCUT2D eigenvalue weighted by molar-refractivity contribution is 9.10. The van der Waals surface area contributed by atoms with Crippen molar-refractivity contribution in [2.75, 3.05) is 12.4 Å². The van der Waals surface area contributed by atoms with Gasteiger partial charge >= 0.3 is 0 Å². The lowest BCUT2D eigenvalue weighted by atomic mass is 9.95. The van der Waals surface area contributed by atoms with Crippen LogP contribution in [0.4, 0.5) is 5.69 Å². The summed E-state index contributed by atoms with van der Waals surface area (Å²) >= 11 is 5.46. The molecule has 2 aromatic rings. The zero-order valence-electron chi connectivity index (χ0n) is 13.0. The van der Waals surface area contributed by atoms with Crippen molar-refractivity contribution in [1.29, 1.82) is 0 Å². The second-order valence-corrected chi connectivity index (χ2v) is 8.09. The molecule has 0 aliphatic heterocycles. The Kier molecular flexibility index (Phi) is 5.47. The summed E-state index contributed by atoms with van der Waals surface area (Å²) in [6.45, 7) is 8.19. The third-order valence-corrected chi connectivity index (χ3v) is 5.52. The zero-order valence-corrected chi connectivity index (χ0v) is 15.4. The average molecular weight is 368 g/mol. The number of ether oxygens (including phenoxy) is 1. The van der Waals surface area contributed by atoms with Gasteiger partial charge in [0.05, 0.1) is 6.61 Å². The molecule has 2 nitrogen and oxygen atoms in total. The predicted molar refractivity (Wildman–Crippen MR) is 95.2 cm³/mol. The van der Waals surface area contributed by atoms with Gasteiger partial charge in [0.2, 0.25) is 0 Å². The summed E-state index contributed by atoms with van der Waals surface area (Å²) in [4.78, 5) is 2.77. The van der Waals surface area contributed by atoms with E-state index < -0.39 is 0 Å². The van der Waals surface area contributed by atoms with Crippen LogP contribution in [0.3, 0.4) is 0 Å². The van der Waals surface area contributed by atoms with Crippen molar-refractivity contribution in [3.63, 3.8) is 0 Å². The first-order valence-electron chi connectivity index (χ1n) is 7.01. The quantitative estimate of drug-likeness (QED) is 0.745. The molecule has 0 amide bonds. The zero-order chi connectivity index (χ0) is 15.5. The first-order valence-corrected chi connectivity index (χ1v) is 8.62. The maximum atomic E-state index is 5.28. The normalized spacial score (nSPS) is 11.7. The van der Waals surface area contributed by atoms with Gasteiger partial charge in [-0.3, -0.25) is 0 Å². The molecule has 1 aromatic carbocycles. The Labute approximate surface area is 139 Å². The summed E-state index contributed by atoms with van der Waals surface area (Å²) in [7, 11) is 1.72. The number of halogens is 1. The molecule has 0 aliphatic carbocycles. The van der Waals surface area contributed by atoms with E-state index >= 15 is 0 Å². The Morgan fingerprint density at radius 3 is 2.57 bits per heavy atom. The largest absolute Gasteiger partial charge is 0.380 e. The van der Waals surface area contributed by atoms with Gasteiger partial charge in [0.15, 0.2) is 0 Å². The van der Waals surface area contributed by atoms with Gasteiger partial charge < -0.3 is 10.1 Å². The fourth-order valence-electron chi connectivity index (χ4n) is 2.07. The third kappa shape index (κ3) is 4.31. The topological polar surface area (TPSA) is 21.3 Å². The van der Waals surface area contributed by atoms with Crippen LogP contribution in [0, 0.1) is 0 Å². The molecule has 0 saturated carbocycles. The molecule has 0 radical (unpaired) electrons. The lowest BCUT2D eigenvalue weighted by Crippen LogP contribution is -2.07. The summed E-state index contributed by atoms with van der Waals surface area (Å²) in [6.07, 6.45) is 0. The molecule has 1 N–H and O–H groups in total. The Balaban J connectivity index is 2.10. The van der Waals surface area contributed by atoms with Crippen LogP contribution in [-0.4, -0.2) is 7.11 Å². The van der Waals surface area contributed by atoms with Gasteiger partial charge in [0, 0.05) is 39.1 Å². The van der Waals surface area contributed by atoms with Crippen LogP contribution in [-0.2, 0) is 23.3 Å². The van der Waals surface area contributed by atoms with Crippen LogP contribution in [0.1, 0.15) is 36.1 Å². The summed E-state index contributed by atoms with van der Waals surface area (Å²) in [5.74, 6) is 0. The number of hydrogen-bond acceptors (Lipinski definition) is 3. The van der Waals surface area contributed by atoms with E-state index in [0.29, 0.717) is 6.61 Å². The molecule has 0 fully saturated rings. The van der Waals surface area contributed by atoms with Crippen LogP contribution in [0.5, 0.6) is 0 Å². The molecular weight excluding hydrogens is 346 g/mol. The van der Waals surface area contributed by atoms with Gasteiger partial charge in [-0.1, -0.05) is 42.8 Å². The standard InChI is InChI=1S/C17H22BrNOS/c1-17(2,3)16-9-8-12(21-16)10-19-15-7-5-6-14(18)13(15)11-20-4/h5-9,19H,10-11H2,1-4H3. The van der Waals surface area contributed by atoms with Gasteiger partial charge in [0.25, 0.3) is 0 Å². The molecule has 0 unspecified atom stereocenters. The molecule has 0 atom stereocenters. The van der Waals surface area contributed by atoms with E-state index in [1.165, 1.54) is 9.75 Å². The van der Waals surface area contributed by atoms with E-state index in [-0.39, 0.29) is 5.41 Å². The minimum absolute atomic E-state index is 0.222. The van der Waals surface area contributed by atoms with Gasteiger partial charge in [-0.2, -0.15) is 0 Å². The predicted octanol–water partition coefficient (Wildman–Crippen LogP) is 5.57. The summed E-state index contributed by atoms with van der Waals surface area (Å²) in [5.41, 5.74) is 2.50. The molecule has 0 saturated heterocycles. The van der Waals surface area contributed by atoms with E-state index in [4.69, 9.17) is 4.74 Å². The Bertz CT molecular complexity index is 601. The van der Waals surface area contributed by atoms with Crippen molar-refractivity contribution in [3.8, 4) is 0 Å². The number of rotatable bonds is 5. The Morgan fingerprint density at radius 1 is 1.19 bits per heavy atom. The van der Waals surface area contributed by atoms with E-state index in [2.05, 4.69) is 60.2 Å². The van der Waals surface area contributed by atoms with Gasteiger partial charge in [0.1, 0.15) is 0 Å². The van der Waals surface area contributed by atoms with Crippen molar-refractivity contribution in [1.82, 2.24) is 0 Å². The first-order chi connectivity index (χ1) is 9.91. The van der Waals surface area contributed by atoms with Crippen molar-refractivity contribution < 1.29 is 4.74 Å². The SMILES string of the molecule is COCc1c(Br)cccc1NCc1ccc(C(C)(C)C)s1. The van der Waals surface area contributed by atoms with Crippen molar-refractivity contribution in [2.45, 2.75) is 39.3 Å². The van der Waals surface area contributed by atoms with Crippen molar-refractivity contribution >= 4 is 33.0 Å². The van der Waals surface area contributed by atoms with Crippen LogP contribution >= 0.6 is 27.3 Å². The number of hydrogen-bond donors (Lipinski definition) is 1. The molecule has 114 valence electrons. The molecule has 1 heterocycles. The van der Waals surface area contributed by atoms with Crippen molar-refractivity contribution in [2.24, 2.45) is 0 Å². The van der Waals surface area contributed by atoms with E-state index in [1.54, 1.807) is 7.11 Å². The van der Waals surface area contributed by atoms with Crippen molar-refractivity contribution in [3.05, 3.63) is 50.1 Å². The van der Waals surface area contributed by atoms with E-state index in [1.807, 2.05) is 23.5 Å². The number of nitrogens with one attached hydrogen (secondary N) is 1. The highest BCUT2D eigenvalue weighted by atomic mass is 79.9. The van der Waals surface area contributed by atoms with Gasteiger partial charge in [-0.25, -0.2) is 0 Å². The lowest BCUT2D eigenvalue weighted by molar-refractivity contribution is 0.185. The molecule has 21 heavy (non-hydrogen) atoms. The van der Waals surface area contributed by atoms with E-state index in [0.717, 1.165) is 22.3 Å². The molecule has 4 heteroatoms. The third-order valence-electron chi connectivity index (χ3n) is 3.26. The average Bonchev–Trinajstić information content (AvgIpc) is 2.88. The molecular formula is C17H22BrNOS. The van der Waals surface area contributed by atoms with Crippen LogP contribution < -0.4 is 5.32 Å². The van der Waals surface area contributed by atoms with E-state index in [9.17, 15) is 0 Å². The Morgan fingerprint density at radius 2 is 1.95 bits per heavy atom. The number of anilines is 1. The summed E-state index contributed by atoms with van der Waals surface area (Å²) < 4.78 is 6.36. The Hall–Kier alpha value is -0.840. The number of benzene rings is 1. The first kappa shape index (κ1) is 16.5. The van der Waals surface area contributed by atoms with Gasteiger partial charge in [-0.05, 0) is 29.7 Å². The smallest absolute Gasteiger partial charge is 0.0744 e. The second-order valence-electron chi connectivity index (χ2n) is 6.07. The fourth-order valence-corrected chi connectivity index (χ4v) is 3.56.